The third-order valence-electron chi connectivity index (χ3n) is 5.96. The minimum Gasteiger partial charge on any atom is -0.733 e. The molecule has 3 aromatic carbocycles. The molecular formula is C26H27N4O4-. The zero-order chi connectivity index (χ0) is 24.4. The summed E-state index contributed by atoms with van der Waals surface area (Å²) in [5.74, 6) is -0.152. The molecule has 2 atom stereocenters. The standard InChI is InChI=1S/C26H27N4O4/c1-16-13-25(28-21-8-10-23(11-9-21)30(33)34)24-15-20(7-12-26(24)29(16)18(3)32)19-5-4-6-22(14-19)27-17(2)31/h4-12,14-16,25,28,33H,13H2,1-3H3,(H,27,31)/q-1/t16-,25+/m0/s1. The van der Waals surface area contributed by atoms with Crippen molar-refractivity contribution in [2.45, 2.75) is 39.3 Å². The van der Waals surface area contributed by atoms with Crippen LogP contribution >= 0.6 is 0 Å². The van der Waals surface area contributed by atoms with Crippen molar-refractivity contribution in [3.8, 4) is 11.1 Å². The lowest BCUT2D eigenvalue weighted by Gasteiger charge is -2.40. The minimum absolute atomic E-state index is 0.00899. The van der Waals surface area contributed by atoms with Gasteiger partial charge in [0.05, 0.1) is 11.7 Å². The van der Waals surface area contributed by atoms with Crippen molar-refractivity contribution in [3.63, 3.8) is 0 Å². The number of carbonyl (C=O) groups is 2. The molecule has 4 rings (SSSR count). The van der Waals surface area contributed by atoms with Crippen LogP contribution in [-0.4, -0.2) is 23.1 Å². The van der Waals surface area contributed by atoms with Gasteiger partial charge in [-0.15, -0.1) is 0 Å². The zero-order valence-corrected chi connectivity index (χ0v) is 19.3. The van der Waals surface area contributed by atoms with Gasteiger partial charge in [0.25, 0.3) is 0 Å². The normalized spacial score (nSPS) is 17.0. The van der Waals surface area contributed by atoms with Crippen LogP contribution in [0.15, 0.2) is 66.7 Å². The predicted octanol–water partition coefficient (Wildman–Crippen LogP) is 5.30. The van der Waals surface area contributed by atoms with Crippen LogP contribution in [0, 0.1) is 5.21 Å². The second-order valence-corrected chi connectivity index (χ2v) is 8.53. The van der Waals surface area contributed by atoms with Gasteiger partial charge >= 0.3 is 0 Å². The van der Waals surface area contributed by atoms with Gasteiger partial charge in [0.15, 0.2) is 0 Å². The first-order valence-electron chi connectivity index (χ1n) is 11.1. The molecule has 8 heteroatoms. The highest BCUT2D eigenvalue weighted by molar-refractivity contribution is 5.94. The molecule has 8 nitrogen and oxygen atoms in total. The van der Waals surface area contributed by atoms with Crippen molar-refractivity contribution >= 4 is 34.6 Å². The van der Waals surface area contributed by atoms with E-state index in [0.29, 0.717) is 12.1 Å². The molecule has 0 bridgehead atoms. The molecule has 0 saturated heterocycles. The molecule has 2 amide bonds. The van der Waals surface area contributed by atoms with Gasteiger partial charge in [0.1, 0.15) is 0 Å². The highest BCUT2D eigenvalue weighted by Crippen LogP contribution is 2.41. The summed E-state index contributed by atoms with van der Waals surface area (Å²) in [5, 5.41) is 26.3. The topological polar surface area (TPSA) is 108 Å². The van der Waals surface area contributed by atoms with Gasteiger partial charge in [0.2, 0.25) is 11.8 Å². The van der Waals surface area contributed by atoms with Crippen LogP contribution < -0.4 is 20.8 Å². The molecule has 1 aliphatic heterocycles. The van der Waals surface area contributed by atoms with E-state index in [4.69, 9.17) is 5.21 Å². The third kappa shape index (κ3) is 4.88. The van der Waals surface area contributed by atoms with Crippen LogP contribution in [0.2, 0.25) is 0 Å². The molecule has 176 valence electrons. The molecule has 0 saturated carbocycles. The number of hydrogen-bond acceptors (Lipinski definition) is 6. The molecule has 1 heterocycles. The highest BCUT2D eigenvalue weighted by Gasteiger charge is 2.32. The highest BCUT2D eigenvalue weighted by atomic mass is 16.8. The van der Waals surface area contributed by atoms with Crippen molar-refractivity contribution in [2.24, 2.45) is 0 Å². The van der Waals surface area contributed by atoms with Crippen molar-refractivity contribution in [1.82, 2.24) is 0 Å². The first-order chi connectivity index (χ1) is 16.2. The number of amides is 2. The Hall–Kier alpha value is -3.88. The average Bonchev–Trinajstić information content (AvgIpc) is 2.78. The fourth-order valence-electron chi connectivity index (χ4n) is 4.53. The first kappa shape index (κ1) is 23.3. The summed E-state index contributed by atoms with van der Waals surface area (Å²) in [6.07, 6.45) is 0.692. The number of fused-ring (bicyclic) bond motifs is 1. The van der Waals surface area contributed by atoms with E-state index in [1.807, 2.05) is 48.2 Å². The summed E-state index contributed by atoms with van der Waals surface area (Å²) in [5.41, 5.74) is 5.40. The molecule has 0 radical (unpaired) electrons. The summed E-state index contributed by atoms with van der Waals surface area (Å²) >= 11 is 0. The third-order valence-corrected chi connectivity index (χ3v) is 5.96. The maximum absolute atomic E-state index is 12.4. The van der Waals surface area contributed by atoms with E-state index in [2.05, 4.69) is 16.7 Å². The maximum Gasteiger partial charge on any atom is 0.224 e. The van der Waals surface area contributed by atoms with Crippen LogP contribution in [0.1, 0.15) is 38.8 Å². The number of nitrogens with one attached hydrogen (secondary N) is 2. The van der Waals surface area contributed by atoms with Gasteiger partial charge < -0.3 is 26.0 Å². The average molecular weight is 460 g/mol. The smallest absolute Gasteiger partial charge is 0.224 e. The molecule has 3 aromatic rings. The Balaban J connectivity index is 1.72. The molecule has 3 N–H and O–H groups in total. The van der Waals surface area contributed by atoms with Crippen LogP contribution in [0.5, 0.6) is 0 Å². The second kappa shape index (κ2) is 9.54. The Labute approximate surface area is 198 Å². The Morgan fingerprint density at radius 3 is 2.35 bits per heavy atom. The van der Waals surface area contributed by atoms with Crippen molar-refractivity contribution in [1.29, 1.82) is 0 Å². The Bertz CT molecular complexity index is 1210. The van der Waals surface area contributed by atoms with E-state index in [-0.39, 0.29) is 34.8 Å². The molecule has 0 aliphatic carbocycles. The Morgan fingerprint density at radius 1 is 1.00 bits per heavy atom. The minimum atomic E-state index is -0.173. The molecule has 1 aliphatic rings. The molecule has 34 heavy (non-hydrogen) atoms. The quantitative estimate of drug-likeness (QED) is 0.447. The van der Waals surface area contributed by atoms with E-state index >= 15 is 0 Å². The van der Waals surface area contributed by atoms with E-state index in [9.17, 15) is 14.8 Å². The monoisotopic (exact) mass is 459 g/mol. The van der Waals surface area contributed by atoms with E-state index in [0.717, 1.165) is 28.1 Å². The zero-order valence-electron chi connectivity index (χ0n) is 19.3. The van der Waals surface area contributed by atoms with Gasteiger partial charge in [-0.1, -0.05) is 18.2 Å². The van der Waals surface area contributed by atoms with Crippen molar-refractivity contribution in [3.05, 3.63) is 77.5 Å². The van der Waals surface area contributed by atoms with Crippen LogP contribution in [0.4, 0.5) is 22.7 Å². The van der Waals surface area contributed by atoms with Gasteiger partial charge in [-0.05, 0) is 78.6 Å². The fraction of sp³-hybridized carbons (Fsp3) is 0.231. The van der Waals surface area contributed by atoms with E-state index in [1.165, 1.54) is 19.1 Å². The number of rotatable bonds is 5. The van der Waals surface area contributed by atoms with Crippen LogP contribution in [0.3, 0.4) is 0 Å². The SMILES string of the molecule is CC(=O)Nc1cccc(-c2ccc3c(c2)[C@H](Nc2ccc(N([O-])O)cc2)C[C@H](C)N3C(C)=O)c1. The number of carbonyl (C=O) groups excluding carboxylic acids is 2. The number of nitrogens with zero attached hydrogens (tertiary/aromatic N) is 2. The lowest BCUT2D eigenvalue weighted by atomic mass is 9.89. The lowest BCUT2D eigenvalue weighted by Crippen LogP contribution is -2.43. The second-order valence-electron chi connectivity index (χ2n) is 8.53. The fourth-order valence-corrected chi connectivity index (χ4v) is 4.53. The van der Waals surface area contributed by atoms with Gasteiger partial charge in [-0.25, -0.2) is 0 Å². The number of anilines is 4. The predicted molar refractivity (Wildman–Crippen MR) is 134 cm³/mol. The Morgan fingerprint density at radius 2 is 1.71 bits per heavy atom. The van der Waals surface area contributed by atoms with Crippen molar-refractivity contribution < 1.29 is 14.8 Å². The Kier molecular flexibility index (Phi) is 6.54. The molecular weight excluding hydrogens is 432 g/mol. The summed E-state index contributed by atoms with van der Waals surface area (Å²) in [4.78, 5) is 25.7. The summed E-state index contributed by atoms with van der Waals surface area (Å²) < 4.78 is 0. The van der Waals surface area contributed by atoms with Gasteiger partial charge in [0, 0.05) is 37.0 Å². The van der Waals surface area contributed by atoms with Crippen LogP contribution in [0.25, 0.3) is 11.1 Å². The number of hydrogen-bond donors (Lipinski definition) is 3. The molecule has 0 unspecified atom stereocenters. The van der Waals surface area contributed by atoms with E-state index < -0.39 is 0 Å². The van der Waals surface area contributed by atoms with Gasteiger partial charge in [-0.2, -0.15) is 0 Å². The van der Waals surface area contributed by atoms with Crippen LogP contribution in [-0.2, 0) is 9.59 Å². The summed E-state index contributed by atoms with van der Waals surface area (Å²) in [7, 11) is 0. The lowest BCUT2D eigenvalue weighted by molar-refractivity contribution is -0.117. The number of benzene rings is 3. The molecule has 0 spiro atoms. The molecule has 0 aromatic heterocycles. The summed E-state index contributed by atoms with van der Waals surface area (Å²) in [6, 6.07) is 20.1. The summed E-state index contributed by atoms with van der Waals surface area (Å²) in [6.45, 7) is 5.07. The largest absolute Gasteiger partial charge is 0.733 e. The first-order valence-corrected chi connectivity index (χ1v) is 11.1. The molecule has 0 fully saturated rings. The van der Waals surface area contributed by atoms with Crippen molar-refractivity contribution in [2.75, 3.05) is 20.8 Å². The van der Waals surface area contributed by atoms with Gasteiger partial charge in [-0.3, -0.25) is 14.8 Å². The maximum atomic E-state index is 12.4. The van der Waals surface area contributed by atoms with E-state index in [1.54, 1.807) is 19.1 Å².